The summed E-state index contributed by atoms with van der Waals surface area (Å²) in [7, 11) is -15.5. The molecule has 0 aliphatic rings. The van der Waals surface area contributed by atoms with Gasteiger partial charge in [0.15, 0.2) is 67.3 Å². The molecule has 0 unspecified atom stereocenters. The molecular weight excluding hydrogens is 1520 g/mol. The van der Waals surface area contributed by atoms with Crippen LogP contribution in [0.5, 0.6) is 0 Å². The summed E-state index contributed by atoms with van der Waals surface area (Å²) in [6.07, 6.45) is 3.56. The molecule has 0 heterocycles. The van der Waals surface area contributed by atoms with Gasteiger partial charge in [0.1, 0.15) is 0 Å². The third-order valence-electron chi connectivity index (χ3n) is 13.3. The Morgan fingerprint density at radius 2 is 0.436 bits per heavy atom. The van der Waals surface area contributed by atoms with Crippen molar-refractivity contribution in [2.45, 2.75) is 304 Å². The Morgan fingerprint density at radius 3 is 0.554 bits per heavy atom. The van der Waals surface area contributed by atoms with Crippen LogP contribution in [0.4, 0.5) is 0 Å². The van der Waals surface area contributed by atoms with Gasteiger partial charge in [-0.25, -0.2) is 19.2 Å². The number of ether oxygens (including phenoxy) is 4. The minimum atomic E-state index is -1.63. The van der Waals surface area contributed by atoms with Crippen molar-refractivity contribution in [3.8, 4) is 0 Å². The first-order valence-corrected chi connectivity index (χ1v) is 86.5. The van der Waals surface area contributed by atoms with E-state index in [2.05, 4.69) is 297 Å². The lowest BCUT2D eigenvalue weighted by Gasteiger charge is -2.35. The lowest BCUT2D eigenvalue weighted by atomic mass is 10.4. The Bertz CT molecular complexity index is 2050. The van der Waals surface area contributed by atoms with E-state index in [1.165, 1.54) is 17.0 Å². The highest BCUT2D eigenvalue weighted by Crippen LogP contribution is 2.26. The van der Waals surface area contributed by atoms with Crippen molar-refractivity contribution in [1.82, 2.24) is 0 Å². The van der Waals surface area contributed by atoms with E-state index in [0.29, 0.717) is 48.7 Å². The smallest absolute Gasteiger partial charge is 0.333 e. The summed E-state index contributed by atoms with van der Waals surface area (Å²) in [5.41, 5.74) is 16.2. The monoisotopic (exact) mass is 1690 g/mol. The van der Waals surface area contributed by atoms with Gasteiger partial charge in [0.05, 0.1) is 70.4 Å². The van der Waals surface area contributed by atoms with E-state index in [9.17, 15) is 19.2 Å². The number of hydrogen-bond acceptors (Lipinski definition) is 12. The molecule has 0 spiro atoms. The predicted octanol–water partition coefficient (Wildman–Crippen LogP) is 20.5. The van der Waals surface area contributed by atoms with Crippen LogP contribution < -0.4 is 0 Å². The molecule has 0 amide bonds. The first-order valence-electron chi connectivity index (χ1n) is 37.7. The summed E-state index contributed by atoms with van der Waals surface area (Å²) in [6.45, 7) is 114. The van der Waals surface area contributed by atoms with Gasteiger partial charge in [-0.2, -0.15) is 0 Å². The first kappa shape index (κ1) is 118. The quantitative estimate of drug-likeness (QED) is 0.0190. The van der Waals surface area contributed by atoms with Gasteiger partial charge < -0.3 is 35.4 Å². The van der Waals surface area contributed by atoms with E-state index in [1.807, 2.05) is 0 Å². The van der Waals surface area contributed by atoms with Crippen molar-refractivity contribution < 1.29 is 54.6 Å². The van der Waals surface area contributed by atoms with Crippen LogP contribution >= 0.6 is 0 Å². The van der Waals surface area contributed by atoms with Crippen molar-refractivity contribution in [3.63, 3.8) is 0 Å². The molecule has 101 heavy (non-hydrogen) atoms. The minimum absolute atomic E-state index is 0.286. The van der Waals surface area contributed by atoms with Gasteiger partial charge >= 0.3 is 23.9 Å². The van der Waals surface area contributed by atoms with Crippen molar-refractivity contribution >= 4 is 162 Å². The number of carbonyl (C=O) groups is 4. The first-order chi connectivity index (χ1) is 45.4. The number of carbonyl (C=O) groups excluding carboxylic acids is 4. The molecular formula is C73H170O12Si16. The van der Waals surface area contributed by atoms with Gasteiger partial charge in [-0.3, -0.25) is 0 Å². The van der Waals surface area contributed by atoms with Gasteiger partial charge in [0.2, 0.25) is 0 Å². The van der Waals surface area contributed by atoms with E-state index in [4.69, 9.17) is 35.4 Å². The summed E-state index contributed by atoms with van der Waals surface area (Å²) in [5, 5.41) is 0. The van der Waals surface area contributed by atoms with Crippen LogP contribution in [-0.4, -0.2) is 188 Å². The summed E-state index contributed by atoms with van der Waals surface area (Å²) >= 11 is 0. The molecule has 0 aliphatic carbocycles. The molecule has 12 nitrogen and oxygen atoms in total. The van der Waals surface area contributed by atoms with E-state index in [1.54, 1.807) is 27.7 Å². The molecule has 0 saturated carbocycles. The molecule has 0 N–H and O–H groups in total. The van der Waals surface area contributed by atoms with Crippen LogP contribution in [0.3, 0.4) is 0 Å². The molecule has 598 valence electrons. The van der Waals surface area contributed by atoms with Crippen LogP contribution in [-0.2, 0) is 54.6 Å². The second kappa shape index (κ2) is 65.9. The van der Waals surface area contributed by atoms with E-state index < -0.39 is 93.7 Å². The van der Waals surface area contributed by atoms with Crippen molar-refractivity contribution in [1.29, 1.82) is 0 Å². The molecule has 0 saturated heterocycles. The fraction of sp³-hybridized carbons (Fsp3) is 0.699. The maximum Gasteiger partial charge on any atom is 0.333 e. The topological polar surface area (TPSA) is 142 Å². The highest BCUT2D eigenvalue weighted by molar-refractivity contribution is 6.92. The summed E-state index contributed by atoms with van der Waals surface area (Å²) in [5.74, 6) is -1.15. The normalized spacial score (nSPS) is 11.5. The average molecular weight is 1690 g/mol. The Labute approximate surface area is 651 Å². The Hall–Kier alpha value is -1.15. The van der Waals surface area contributed by atoms with E-state index in [0.717, 1.165) is 49.9 Å². The zero-order valence-electron chi connectivity index (χ0n) is 73.5. The Balaban J connectivity index is -0.000000143. The van der Waals surface area contributed by atoms with Crippen molar-refractivity contribution in [3.05, 3.63) is 110 Å². The number of rotatable bonds is 39. The van der Waals surface area contributed by atoms with Crippen LogP contribution in [0.1, 0.15) is 53.4 Å². The molecule has 0 aliphatic heterocycles. The van der Waals surface area contributed by atoms with Crippen LogP contribution in [0.15, 0.2) is 110 Å². The van der Waals surface area contributed by atoms with Gasteiger partial charge in [-0.15, -0.1) is 61.4 Å². The van der Waals surface area contributed by atoms with Gasteiger partial charge in [-0.05, 0) is 199 Å². The highest BCUT2D eigenvalue weighted by atomic mass is 28.5. The Kier molecular flexibility index (Phi) is 77.1. The zero-order valence-corrected chi connectivity index (χ0v) is 90.8. The third kappa shape index (κ3) is 103. The SMILES string of the molecule is C=C(C)C(=O)OCCC[Si](C)(C)O[SiH](C)C.C=C(C)C(=O)OCCC[Si](C)(C)O[Si](C)(C)C[SiH](C)C.C=C(C)C(=O)OCCC[Si](C)(C)O[Si](C)(C)C[SiH](C)C.C=C(C)C(=O)OCCC[Si](C)(C)O[Si](C)(C)C[SiH](C)C.C=C[SiH](C)C.C=C[SiH](C)C.C=C[SiH](C)C.C=C[SiH](C)C.C=C[SiH](C)C. The predicted molar refractivity (Wildman–Crippen MR) is 503 cm³/mol. The van der Waals surface area contributed by atoms with E-state index in [-0.39, 0.29) is 67.9 Å². The molecule has 0 atom stereocenters. The van der Waals surface area contributed by atoms with Crippen LogP contribution in [0.2, 0.25) is 251 Å². The molecule has 0 rings (SSSR count). The van der Waals surface area contributed by atoms with Crippen molar-refractivity contribution in [2.75, 3.05) is 26.4 Å². The van der Waals surface area contributed by atoms with Gasteiger partial charge in [0.25, 0.3) is 0 Å². The maximum atomic E-state index is 11.3. The fourth-order valence-electron chi connectivity index (χ4n) is 9.31. The zero-order chi connectivity index (χ0) is 82.1. The van der Waals surface area contributed by atoms with E-state index >= 15 is 0 Å². The van der Waals surface area contributed by atoms with Gasteiger partial charge in [-0.1, -0.05) is 131 Å². The molecule has 0 aromatic heterocycles. The Morgan fingerprint density at radius 1 is 0.287 bits per heavy atom. The molecule has 0 aromatic carbocycles. The minimum Gasteiger partial charge on any atom is -0.462 e. The fourth-order valence-corrected chi connectivity index (χ4v) is 64.9. The van der Waals surface area contributed by atoms with Crippen LogP contribution in [0, 0.1) is 0 Å². The molecule has 0 fully saturated rings. The molecule has 0 radical (unpaired) electrons. The second-order valence-corrected chi connectivity index (χ2v) is 94.2. The standard InChI is InChI=1S/3C14H32O3Si3.C11H24O3Si2.5C4H10Si/c3*1-13(2)14(15)16-10-9-11-19(5,6)17-20(7,8)12-18(3)4;1-10(2)11(12)13-8-7-9-16(5,6)14-15(3)4;5*1-4-5(2)3/h3*18H,1,9-12H2,2-8H3;15H,1,7-9H2,2-6H3;5*4-5H,1H2,2-3H3. The second-order valence-electron chi connectivity index (χ2n) is 34.1. The highest BCUT2D eigenvalue weighted by Gasteiger charge is 2.36. The summed E-state index contributed by atoms with van der Waals surface area (Å²) in [4.78, 5) is 45.0. The van der Waals surface area contributed by atoms with Gasteiger partial charge in [0, 0.05) is 48.7 Å². The molecule has 0 bridgehead atoms. The number of esters is 4. The molecule has 0 aromatic rings. The number of hydrogen-bond donors (Lipinski definition) is 0. The lowest BCUT2D eigenvalue weighted by molar-refractivity contribution is -0.139. The lowest BCUT2D eigenvalue weighted by Crippen LogP contribution is -2.46. The summed E-state index contributed by atoms with van der Waals surface area (Å²) in [6, 6.07) is 4.19. The summed E-state index contributed by atoms with van der Waals surface area (Å²) < 4.78 is 46.1. The maximum absolute atomic E-state index is 11.3. The largest absolute Gasteiger partial charge is 0.462 e. The molecule has 28 heteroatoms. The van der Waals surface area contributed by atoms with Crippen molar-refractivity contribution in [2.24, 2.45) is 0 Å². The average Bonchev–Trinajstić information content (AvgIpc) is 0.878. The third-order valence-corrected chi connectivity index (χ3v) is 63.5. The van der Waals surface area contributed by atoms with Crippen LogP contribution in [0.25, 0.3) is 0 Å².